The van der Waals surface area contributed by atoms with Crippen LogP contribution in [0.25, 0.3) is 0 Å². The fourth-order valence-corrected chi connectivity index (χ4v) is 3.10. The van der Waals surface area contributed by atoms with Gasteiger partial charge in [0.1, 0.15) is 0 Å². The average Bonchev–Trinajstić information content (AvgIpc) is 2.68. The van der Waals surface area contributed by atoms with Crippen molar-refractivity contribution in [1.29, 1.82) is 0 Å². The lowest BCUT2D eigenvalue weighted by molar-refractivity contribution is 0.130. The molecule has 1 aromatic rings. The Bertz CT molecular complexity index is 452. The molecule has 0 saturated heterocycles. The summed E-state index contributed by atoms with van der Waals surface area (Å²) in [7, 11) is 1.43. The number of aliphatic hydroxyl groups is 1. The Balaban J connectivity index is 2.26. The van der Waals surface area contributed by atoms with E-state index in [4.69, 9.17) is 4.74 Å². The minimum absolute atomic E-state index is 0.0722. The van der Waals surface area contributed by atoms with Crippen molar-refractivity contribution in [1.82, 2.24) is 0 Å². The monoisotopic (exact) mass is 252 g/mol. The predicted molar refractivity (Wildman–Crippen MR) is 69.0 cm³/mol. The van der Waals surface area contributed by atoms with E-state index in [1.807, 2.05) is 0 Å². The summed E-state index contributed by atoms with van der Waals surface area (Å²) in [6.45, 7) is 8.56. The molecule has 1 aliphatic rings. The highest BCUT2D eigenvalue weighted by Crippen LogP contribution is 2.72. The van der Waals surface area contributed by atoms with Crippen molar-refractivity contribution in [2.75, 3.05) is 7.11 Å². The van der Waals surface area contributed by atoms with Gasteiger partial charge in [-0.3, -0.25) is 0 Å². The average molecular weight is 252 g/mol. The maximum atomic E-state index is 13.6. The SMILES string of the molecule is COc1ccc(C(O)C2C(C)(C)C2(C)C)cc1F. The third-order valence-electron chi connectivity index (χ3n) is 4.97. The Morgan fingerprint density at radius 1 is 1.22 bits per heavy atom. The Morgan fingerprint density at radius 3 is 2.17 bits per heavy atom. The van der Waals surface area contributed by atoms with Crippen molar-refractivity contribution in [2.24, 2.45) is 16.7 Å². The van der Waals surface area contributed by atoms with Gasteiger partial charge in [0, 0.05) is 5.92 Å². The van der Waals surface area contributed by atoms with E-state index in [9.17, 15) is 9.50 Å². The van der Waals surface area contributed by atoms with E-state index in [1.54, 1.807) is 12.1 Å². The number of rotatable bonds is 3. The number of aliphatic hydroxyl groups excluding tert-OH is 1. The van der Waals surface area contributed by atoms with Gasteiger partial charge >= 0.3 is 0 Å². The Hall–Kier alpha value is -1.09. The predicted octanol–water partition coefficient (Wildman–Crippen LogP) is 3.55. The second-order valence-electron chi connectivity index (χ2n) is 6.26. The van der Waals surface area contributed by atoms with Crippen LogP contribution in [0, 0.1) is 22.6 Å². The van der Waals surface area contributed by atoms with Crippen LogP contribution in [0.4, 0.5) is 4.39 Å². The molecule has 100 valence electrons. The molecule has 18 heavy (non-hydrogen) atoms. The number of benzene rings is 1. The van der Waals surface area contributed by atoms with Crippen LogP contribution in [-0.4, -0.2) is 12.2 Å². The highest BCUT2D eigenvalue weighted by Gasteiger charge is 2.67. The summed E-state index contributed by atoms with van der Waals surface area (Å²) < 4.78 is 18.5. The van der Waals surface area contributed by atoms with Crippen molar-refractivity contribution in [2.45, 2.75) is 33.8 Å². The summed E-state index contributed by atoms with van der Waals surface area (Å²) in [5.41, 5.74) is 0.767. The quantitative estimate of drug-likeness (QED) is 0.891. The summed E-state index contributed by atoms with van der Waals surface area (Å²) in [6, 6.07) is 4.67. The summed E-state index contributed by atoms with van der Waals surface area (Å²) in [5.74, 6) is -0.0663. The second-order valence-corrected chi connectivity index (χ2v) is 6.26. The Labute approximate surface area is 108 Å². The van der Waals surface area contributed by atoms with Crippen molar-refractivity contribution < 1.29 is 14.2 Å². The number of halogens is 1. The Morgan fingerprint density at radius 2 is 1.78 bits per heavy atom. The second kappa shape index (κ2) is 3.95. The van der Waals surface area contributed by atoms with Gasteiger partial charge in [0.2, 0.25) is 0 Å². The summed E-state index contributed by atoms with van der Waals surface area (Å²) in [5, 5.41) is 10.4. The minimum Gasteiger partial charge on any atom is -0.494 e. The first-order valence-electron chi connectivity index (χ1n) is 6.25. The highest BCUT2D eigenvalue weighted by molar-refractivity contribution is 5.33. The standard InChI is InChI=1S/C15H21FO2/c1-14(2)13(15(14,3)4)12(17)9-6-7-11(18-5)10(16)8-9/h6-8,12-13,17H,1-5H3. The van der Waals surface area contributed by atoms with Crippen LogP contribution in [0.1, 0.15) is 39.4 Å². The minimum atomic E-state index is -0.629. The molecule has 1 N–H and O–H groups in total. The van der Waals surface area contributed by atoms with Crippen LogP contribution in [0.2, 0.25) is 0 Å². The zero-order valence-corrected chi connectivity index (χ0v) is 11.6. The molecule has 0 heterocycles. The number of methoxy groups -OCH3 is 1. The van der Waals surface area contributed by atoms with Crippen molar-refractivity contribution in [3.63, 3.8) is 0 Å². The van der Waals surface area contributed by atoms with Gasteiger partial charge in [-0.15, -0.1) is 0 Å². The first-order chi connectivity index (χ1) is 8.23. The van der Waals surface area contributed by atoms with Gasteiger partial charge in [0.25, 0.3) is 0 Å². The molecule has 1 aliphatic carbocycles. The van der Waals surface area contributed by atoms with E-state index in [0.717, 1.165) is 0 Å². The molecule has 0 amide bonds. The van der Waals surface area contributed by atoms with Gasteiger partial charge in [-0.05, 0) is 28.5 Å². The smallest absolute Gasteiger partial charge is 0.165 e. The van der Waals surface area contributed by atoms with E-state index in [2.05, 4.69) is 27.7 Å². The van der Waals surface area contributed by atoms with E-state index >= 15 is 0 Å². The first kappa shape index (κ1) is 13.3. The molecule has 0 spiro atoms. The van der Waals surface area contributed by atoms with Crippen LogP contribution in [0.15, 0.2) is 18.2 Å². The maximum Gasteiger partial charge on any atom is 0.165 e. The molecule has 1 unspecified atom stereocenters. The largest absolute Gasteiger partial charge is 0.494 e. The van der Waals surface area contributed by atoms with E-state index in [1.165, 1.54) is 13.2 Å². The molecular weight excluding hydrogens is 231 g/mol. The normalized spacial score (nSPS) is 22.6. The molecule has 1 aromatic carbocycles. The molecule has 0 radical (unpaired) electrons. The molecule has 0 aromatic heterocycles. The molecule has 2 rings (SSSR count). The van der Waals surface area contributed by atoms with Crippen molar-refractivity contribution in [3.05, 3.63) is 29.6 Å². The molecule has 0 bridgehead atoms. The third kappa shape index (κ3) is 1.72. The fourth-order valence-electron chi connectivity index (χ4n) is 3.10. The molecule has 2 nitrogen and oxygen atoms in total. The zero-order valence-electron chi connectivity index (χ0n) is 11.6. The van der Waals surface area contributed by atoms with E-state index in [-0.39, 0.29) is 22.5 Å². The van der Waals surface area contributed by atoms with Gasteiger partial charge in [-0.1, -0.05) is 33.8 Å². The first-order valence-corrected chi connectivity index (χ1v) is 6.25. The van der Waals surface area contributed by atoms with Gasteiger partial charge in [-0.25, -0.2) is 4.39 Å². The van der Waals surface area contributed by atoms with Gasteiger partial charge < -0.3 is 9.84 Å². The van der Waals surface area contributed by atoms with Gasteiger partial charge in [0.15, 0.2) is 11.6 Å². The summed E-state index contributed by atoms with van der Waals surface area (Å²) in [6.07, 6.45) is -0.629. The van der Waals surface area contributed by atoms with Crippen LogP contribution in [-0.2, 0) is 0 Å². The topological polar surface area (TPSA) is 29.5 Å². The number of hydrogen-bond donors (Lipinski definition) is 1. The van der Waals surface area contributed by atoms with E-state index < -0.39 is 11.9 Å². The molecule has 0 aliphatic heterocycles. The van der Waals surface area contributed by atoms with E-state index in [0.29, 0.717) is 5.56 Å². The molecule has 1 fully saturated rings. The van der Waals surface area contributed by atoms with Crippen LogP contribution in [0.5, 0.6) is 5.75 Å². The number of ether oxygens (including phenoxy) is 1. The van der Waals surface area contributed by atoms with Crippen LogP contribution in [0.3, 0.4) is 0 Å². The molecule has 3 heteroatoms. The summed E-state index contributed by atoms with van der Waals surface area (Å²) >= 11 is 0. The molecule has 1 saturated carbocycles. The van der Waals surface area contributed by atoms with Crippen molar-refractivity contribution >= 4 is 0 Å². The number of hydrogen-bond acceptors (Lipinski definition) is 2. The lowest BCUT2D eigenvalue weighted by atomic mass is 9.99. The molecular formula is C15H21FO2. The van der Waals surface area contributed by atoms with Crippen LogP contribution >= 0.6 is 0 Å². The lowest BCUT2D eigenvalue weighted by Gasteiger charge is -2.14. The Kier molecular flexibility index (Phi) is 2.93. The van der Waals surface area contributed by atoms with Gasteiger partial charge in [0.05, 0.1) is 13.2 Å². The summed E-state index contributed by atoms with van der Waals surface area (Å²) in [4.78, 5) is 0. The third-order valence-corrected chi connectivity index (χ3v) is 4.97. The molecule has 1 atom stereocenters. The lowest BCUT2D eigenvalue weighted by Crippen LogP contribution is -2.06. The maximum absolute atomic E-state index is 13.6. The fraction of sp³-hybridized carbons (Fsp3) is 0.600. The highest BCUT2D eigenvalue weighted by atomic mass is 19.1. The van der Waals surface area contributed by atoms with Gasteiger partial charge in [-0.2, -0.15) is 0 Å². The van der Waals surface area contributed by atoms with Crippen molar-refractivity contribution in [3.8, 4) is 5.75 Å². The van der Waals surface area contributed by atoms with Crippen LogP contribution < -0.4 is 4.74 Å². The zero-order chi connectivity index (χ0) is 13.7.